The van der Waals surface area contributed by atoms with Crippen LogP contribution in [0.4, 0.5) is 4.79 Å². The zero-order chi connectivity index (χ0) is 21.8. The largest absolute Gasteiger partial charge is 0.490 e. The Labute approximate surface area is 194 Å². The van der Waals surface area contributed by atoms with Crippen molar-refractivity contribution in [3.05, 3.63) is 26.2 Å². The van der Waals surface area contributed by atoms with E-state index in [2.05, 4.69) is 22.6 Å². The number of ether oxygens (including phenoxy) is 2. The molecule has 0 atom stereocenters. The Morgan fingerprint density at radius 3 is 2.60 bits per heavy atom. The predicted octanol–water partition coefficient (Wildman–Crippen LogP) is 4.14. The molecule has 0 saturated carbocycles. The van der Waals surface area contributed by atoms with Gasteiger partial charge < -0.3 is 14.4 Å². The molecule has 0 aromatic heterocycles. The number of benzene rings is 1. The molecule has 2 aliphatic rings. The van der Waals surface area contributed by atoms with Crippen LogP contribution < -0.4 is 9.47 Å². The molecule has 0 aliphatic carbocycles. The summed E-state index contributed by atoms with van der Waals surface area (Å²) < 4.78 is 12.4. The predicted molar refractivity (Wildman–Crippen MR) is 125 cm³/mol. The van der Waals surface area contributed by atoms with E-state index in [-0.39, 0.29) is 18.6 Å². The van der Waals surface area contributed by atoms with Gasteiger partial charge in [-0.2, -0.15) is 0 Å². The molecule has 162 valence electrons. The number of amides is 3. The molecule has 1 aromatic rings. The Balaban J connectivity index is 1.81. The molecule has 3 amide bonds. The van der Waals surface area contributed by atoms with Crippen molar-refractivity contribution in [1.29, 1.82) is 0 Å². The van der Waals surface area contributed by atoms with Gasteiger partial charge in [0.25, 0.3) is 11.1 Å². The highest BCUT2D eigenvalue weighted by atomic mass is 127. The van der Waals surface area contributed by atoms with Gasteiger partial charge in [-0.25, -0.2) is 0 Å². The van der Waals surface area contributed by atoms with E-state index in [1.165, 1.54) is 0 Å². The Morgan fingerprint density at radius 1 is 1.27 bits per heavy atom. The zero-order valence-electron chi connectivity index (χ0n) is 17.3. The third-order valence-electron chi connectivity index (χ3n) is 4.61. The maximum Gasteiger partial charge on any atom is 0.294 e. The molecule has 2 saturated heterocycles. The van der Waals surface area contributed by atoms with Crippen LogP contribution in [-0.2, 0) is 9.59 Å². The van der Waals surface area contributed by atoms with E-state index in [1.807, 2.05) is 26.8 Å². The van der Waals surface area contributed by atoms with Crippen molar-refractivity contribution in [3.63, 3.8) is 0 Å². The summed E-state index contributed by atoms with van der Waals surface area (Å²) in [6, 6.07) is 3.68. The van der Waals surface area contributed by atoms with Crippen LogP contribution in [0.3, 0.4) is 0 Å². The molecule has 2 aliphatic heterocycles. The highest BCUT2D eigenvalue weighted by Crippen LogP contribution is 2.38. The van der Waals surface area contributed by atoms with Crippen molar-refractivity contribution in [2.75, 3.05) is 26.2 Å². The minimum absolute atomic E-state index is 0.00628. The average molecular weight is 544 g/mol. The van der Waals surface area contributed by atoms with Crippen molar-refractivity contribution in [2.45, 2.75) is 39.7 Å². The van der Waals surface area contributed by atoms with Gasteiger partial charge in [0.1, 0.15) is 6.54 Å². The number of carbonyl (C=O) groups excluding carboxylic acids is 3. The molecule has 0 N–H and O–H groups in total. The van der Waals surface area contributed by atoms with E-state index in [0.29, 0.717) is 36.1 Å². The topological polar surface area (TPSA) is 76.2 Å². The number of imide groups is 1. The van der Waals surface area contributed by atoms with Crippen molar-refractivity contribution < 1.29 is 23.9 Å². The fourth-order valence-electron chi connectivity index (χ4n) is 3.27. The lowest BCUT2D eigenvalue weighted by atomic mass is 10.1. The molecule has 0 radical (unpaired) electrons. The molecule has 3 rings (SSSR count). The van der Waals surface area contributed by atoms with Crippen molar-refractivity contribution in [1.82, 2.24) is 9.80 Å². The maximum absolute atomic E-state index is 12.8. The van der Waals surface area contributed by atoms with E-state index < -0.39 is 11.1 Å². The van der Waals surface area contributed by atoms with Gasteiger partial charge in [-0.1, -0.05) is 0 Å². The van der Waals surface area contributed by atoms with Crippen LogP contribution in [-0.4, -0.2) is 59.2 Å². The van der Waals surface area contributed by atoms with E-state index in [4.69, 9.17) is 9.47 Å². The van der Waals surface area contributed by atoms with Gasteiger partial charge >= 0.3 is 0 Å². The third kappa shape index (κ3) is 5.29. The van der Waals surface area contributed by atoms with E-state index in [9.17, 15) is 14.4 Å². The second kappa shape index (κ2) is 10.0. The second-order valence-corrected chi connectivity index (χ2v) is 9.44. The van der Waals surface area contributed by atoms with E-state index in [1.54, 1.807) is 17.0 Å². The summed E-state index contributed by atoms with van der Waals surface area (Å²) in [5.41, 5.74) is 0.732. The number of halogens is 1. The highest BCUT2D eigenvalue weighted by molar-refractivity contribution is 14.1. The monoisotopic (exact) mass is 544 g/mol. The van der Waals surface area contributed by atoms with Crippen molar-refractivity contribution in [3.8, 4) is 11.5 Å². The fourth-order valence-corrected chi connectivity index (χ4v) is 4.86. The number of hydrogen-bond donors (Lipinski definition) is 0. The molecule has 9 heteroatoms. The van der Waals surface area contributed by atoms with Crippen LogP contribution in [0.5, 0.6) is 11.5 Å². The van der Waals surface area contributed by atoms with Crippen molar-refractivity contribution >= 4 is 57.5 Å². The number of hydrogen-bond acceptors (Lipinski definition) is 6. The number of likely N-dealkylation sites (tertiary alicyclic amines) is 1. The molecule has 0 unspecified atom stereocenters. The minimum Gasteiger partial charge on any atom is -0.490 e. The van der Waals surface area contributed by atoms with Crippen LogP contribution >= 0.6 is 34.4 Å². The second-order valence-electron chi connectivity index (χ2n) is 7.29. The molecule has 2 heterocycles. The van der Waals surface area contributed by atoms with Crippen LogP contribution in [0.2, 0.25) is 0 Å². The van der Waals surface area contributed by atoms with Crippen LogP contribution in [0.1, 0.15) is 39.2 Å². The van der Waals surface area contributed by atoms with E-state index in [0.717, 1.165) is 38.6 Å². The normalized spacial score (nSPS) is 18.1. The Hall–Kier alpha value is -1.75. The fraction of sp³-hybridized carbons (Fsp3) is 0.476. The van der Waals surface area contributed by atoms with Gasteiger partial charge in [-0.15, -0.1) is 0 Å². The molecule has 1 aromatic carbocycles. The van der Waals surface area contributed by atoms with Crippen LogP contribution in [0.25, 0.3) is 6.08 Å². The maximum atomic E-state index is 12.8. The molecular formula is C21H25IN2O5S. The lowest BCUT2D eigenvalue weighted by molar-refractivity contribution is -0.135. The lowest BCUT2D eigenvalue weighted by Crippen LogP contribution is -2.40. The summed E-state index contributed by atoms with van der Waals surface area (Å²) >= 11 is 3.02. The van der Waals surface area contributed by atoms with Gasteiger partial charge in [0.05, 0.1) is 21.2 Å². The molecule has 30 heavy (non-hydrogen) atoms. The van der Waals surface area contributed by atoms with Gasteiger partial charge in [-0.3, -0.25) is 19.3 Å². The molecular weight excluding hydrogens is 519 g/mol. The first-order chi connectivity index (χ1) is 14.3. The summed E-state index contributed by atoms with van der Waals surface area (Å²) in [5, 5.41) is -0.418. The molecule has 2 fully saturated rings. The van der Waals surface area contributed by atoms with Gasteiger partial charge in [0.15, 0.2) is 11.5 Å². The number of rotatable bonds is 7. The Bertz CT molecular complexity index is 880. The van der Waals surface area contributed by atoms with Gasteiger partial charge in [0, 0.05) is 13.1 Å². The summed E-state index contributed by atoms with van der Waals surface area (Å²) in [6.45, 7) is 7.43. The van der Waals surface area contributed by atoms with E-state index >= 15 is 0 Å². The van der Waals surface area contributed by atoms with Crippen LogP contribution in [0.15, 0.2) is 17.0 Å². The standard InChI is InChI=1S/C21H25IN2O5S/c1-4-28-16-10-14(9-15(22)19(16)29-13(2)3)11-17-20(26)24(21(27)30-17)12-18(25)23-7-5-6-8-23/h9-11,13H,4-8,12H2,1-3H3/b17-11+. The summed E-state index contributed by atoms with van der Waals surface area (Å²) in [6.07, 6.45) is 3.58. The van der Waals surface area contributed by atoms with Gasteiger partial charge in [-0.05, 0) is 91.7 Å². The number of thioether (sulfide) groups is 1. The molecule has 0 bridgehead atoms. The van der Waals surface area contributed by atoms with Crippen molar-refractivity contribution in [2.24, 2.45) is 0 Å². The number of carbonyl (C=O) groups is 3. The molecule has 7 nitrogen and oxygen atoms in total. The first-order valence-electron chi connectivity index (χ1n) is 9.96. The number of nitrogens with zero attached hydrogens (tertiary/aromatic N) is 2. The zero-order valence-corrected chi connectivity index (χ0v) is 20.2. The summed E-state index contributed by atoms with van der Waals surface area (Å²) in [7, 11) is 0. The third-order valence-corrected chi connectivity index (χ3v) is 6.32. The average Bonchev–Trinajstić information content (AvgIpc) is 3.30. The smallest absolute Gasteiger partial charge is 0.294 e. The molecule has 0 spiro atoms. The van der Waals surface area contributed by atoms with Crippen LogP contribution in [0, 0.1) is 3.57 Å². The Kier molecular flexibility index (Phi) is 7.67. The first kappa shape index (κ1) is 22.9. The quantitative estimate of drug-likeness (QED) is 0.380. The van der Waals surface area contributed by atoms with Gasteiger partial charge in [0.2, 0.25) is 5.91 Å². The lowest BCUT2D eigenvalue weighted by Gasteiger charge is -2.18. The Morgan fingerprint density at radius 2 is 1.97 bits per heavy atom. The first-order valence-corrected chi connectivity index (χ1v) is 11.9. The summed E-state index contributed by atoms with van der Waals surface area (Å²) in [5.74, 6) is 0.633. The SMILES string of the molecule is CCOc1cc(/C=C2/SC(=O)N(CC(=O)N3CCCC3)C2=O)cc(I)c1OC(C)C. The minimum atomic E-state index is -0.437. The summed E-state index contributed by atoms with van der Waals surface area (Å²) in [4.78, 5) is 40.5. The highest BCUT2D eigenvalue weighted by Gasteiger charge is 2.37.